The van der Waals surface area contributed by atoms with E-state index in [-0.39, 0.29) is 18.4 Å². The average molecular weight is 250 g/mol. The van der Waals surface area contributed by atoms with Gasteiger partial charge in [-0.3, -0.25) is 0 Å². The standard InChI is InChI=1S/C10H12ClNO2.ClH/c1-13-8-3-2-6-7(12)4-5-14-10(6)9(8)11;/h2-3,7H,4-5,12H2,1H3;1H/t7-;/m1./s1. The van der Waals surface area contributed by atoms with Crippen LogP contribution in [0.2, 0.25) is 5.02 Å². The summed E-state index contributed by atoms with van der Waals surface area (Å²) >= 11 is 6.09. The first-order valence-electron chi connectivity index (χ1n) is 4.49. The summed E-state index contributed by atoms with van der Waals surface area (Å²) in [5, 5.41) is 0.514. The lowest BCUT2D eigenvalue weighted by molar-refractivity contribution is 0.267. The molecule has 5 heteroatoms. The van der Waals surface area contributed by atoms with Gasteiger partial charge in [0.25, 0.3) is 0 Å². The van der Waals surface area contributed by atoms with Crippen molar-refractivity contribution in [3.05, 3.63) is 22.7 Å². The number of halogens is 2. The number of nitrogens with two attached hydrogens (primary N) is 1. The Morgan fingerprint density at radius 1 is 1.53 bits per heavy atom. The predicted octanol–water partition coefficient (Wildman–Crippen LogP) is 2.55. The summed E-state index contributed by atoms with van der Waals surface area (Å²) in [6.07, 6.45) is 0.829. The molecule has 1 aliphatic heterocycles. The first kappa shape index (κ1) is 12.4. The van der Waals surface area contributed by atoms with Gasteiger partial charge in [0.15, 0.2) is 0 Å². The number of fused-ring (bicyclic) bond motifs is 1. The molecule has 84 valence electrons. The van der Waals surface area contributed by atoms with Crippen molar-refractivity contribution in [2.45, 2.75) is 12.5 Å². The van der Waals surface area contributed by atoms with Crippen molar-refractivity contribution in [3.63, 3.8) is 0 Å². The van der Waals surface area contributed by atoms with E-state index in [9.17, 15) is 0 Å². The number of methoxy groups -OCH3 is 1. The largest absolute Gasteiger partial charge is 0.495 e. The van der Waals surface area contributed by atoms with Gasteiger partial charge < -0.3 is 15.2 Å². The minimum Gasteiger partial charge on any atom is -0.495 e. The van der Waals surface area contributed by atoms with E-state index in [1.54, 1.807) is 7.11 Å². The fourth-order valence-electron chi connectivity index (χ4n) is 1.59. The second-order valence-corrected chi connectivity index (χ2v) is 3.62. The van der Waals surface area contributed by atoms with Crippen LogP contribution in [0.15, 0.2) is 12.1 Å². The number of rotatable bonds is 1. The third kappa shape index (κ3) is 2.14. The Morgan fingerprint density at radius 3 is 2.93 bits per heavy atom. The molecule has 1 aromatic carbocycles. The van der Waals surface area contributed by atoms with E-state index in [4.69, 9.17) is 26.8 Å². The van der Waals surface area contributed by atoms with E-state index in [1.165, 1.54) is 0 Å². The topological polar surface area (TPSA) is 44.5 Å². The van der Waals surface area contributed by atoms with Crippen molar-refractivity contribution in [2.24, 2.45) is 5.73 Å². The second-order valence-electron chi connectivity index (χ2n) is 3.24. The van der Waals surface area contributed by atoms with Crippen LogP contribution in [0.25, 0.3) is 0 Å². The first-order valence-corrected chi connectivity index (χ1v) is 4.86. The molecule has 2 N–H and O–H groups in total. The molecule has 0 saturated heterocycles. The highest BCUT2D eigenvalue weighted by Crippen LogP contribution is 2.41. The smallest absolute Gasteiger partial charge is 0.146 e. The van der Waals surface area contributed by atoms with Gasteiger partial charge in [-0.2, -0.15) is 0 Å². The Balaban J connectivity index is 0.00000112. The molecule has 15 heavy (non-hydrogen) atoms. The lowest BCUT2D eigenvalue weighted by Gasteiger charge is -2.24. The highest BCUT2D eigenvalue weighted by Gasteiger charge is 2.22. The summed E-state index contributed by atoms with van der Waals surface area (Å²) in [6.45, 7) is 0.612. The molecule has 0 amide bonds. The van der Waals surface area contributed by atoms with E-state index >= 15 is 0 Å². The van der Waals surface area contributed by atoms with Crippen molar-refractivity contribution >= 4 is 24.0 Å². The zero-order chi connectivity index (χ0) is 10.1. The zero-order valence-electron chi connectivity index (χ0n) is 8.33. The quantitative estimate of drug-likeness (QED) is 0.833. The molecule has 1 heterocycles. The van der Waals surface area contributed by atoms with Crippen LogP contribution in [-0.4, -0.2) is 13.7 Å². The monoisotopic (exact) mass is 249 g/mol. The van der Waals surface area contributed by atoms with Crippen molar-refractivity contribution in [2.75, 3.05) is 13.7 Å². The van der Waals surface area contributed by atoms with Crippen LogP contribution in [0, 0.1) is 0 Å². The molecule has 0 fully saturated rings. The summed E-state index contributed by atoms with van der Waals surface area (Å²) in [6, 6.07) is 3.74. The lowest BCUT2D eigenvalue weighted by atomic mass is 10.0. The molecule has 0 aliphatic carbocycles. The van der Waals surface area contributed by atoms with Crippen LogP contribution in [0.1, 0.15) is 18.0 Å². The SMILES string of the molecule is COc1ccc2c(c1Cl)OCC[C@H]2N.Cl. The maximum absolute atomic E-state index is 6.09. The molecular formula is C10H13Cl2NO2. The van der Waals surface area contributed by atoms with Crippen molar-refractivity contribution in [1.29, 1.82) is 0 Å². The maximum Gasteiger partial charge on any atom is 0.146 e. The molecule has 0 unspecified atom stereocenters. The maximum atomic E-state index is 6.09. The summed E-state index contributed by atoms with van der Waals surface area (Å²) in [4.78, 5) is 0. The van der Waals surface area contributed by atoms with E-state index in [0.717, 1.165) is 12.0 Å². The molecule has 0 spiro atoms. The van der Waals surface area contributed by atoms with Crippen LogP contribution in [0.3, 0.4) is 0 Å². The molecule has 1 aromatic rings. The molecule has 1 aliphatic rings. The molecule has 0 radical (unpaired) electrons. The van der Waals surface area contributed by atoms with E-state index in [1.807, 2.05) is 12.1 Å². The molecule has 0 aromatic heterocycles. The summed E-state index contributed by atoms with van der Waals surface area (Å²) in [5.41, 5.74) is 6.89. The Bertz CT molecular complexity index is 358. The highest BCUT2D eigenvalue weighted by molar-refractivity contribution is 6.33. The highest BCUT2D eigenvalue weighted by atomic mass is 35.5. The van der Waals surface area contributed by atoms with Crippen molar-refractivity contribution in [1.82, 2.24) is 0 Å². The fraction of sp³-hybridized carbons (Fsp3) is 0.400. The van der Waals surface area contributed by atoms with E-state index in [0.29, 0.717) is 23.1 Å². The van der Waals surface area contributed by atoms with Gasteiger partial charge >= 0.3 is 0 Å². The second kappa shape index (κ2) is 4.92. The van der Waals surface area contributed by atoms with Crippen LogP contribution < -0.4 is 15.2 Å². The zero-order valence-corrected chi connectivity index (χ0v) is 9.90. The molecule has 3 nitrogen and oxygen atoms in total. The average Bonchev–Trinajstić information content (AvgIpc) is 2.20. The van der Waals surface area contributed by atoms with Gasteiger partial charge in [-0.25, -0.2) is 0 Å². The van der Waals surface area contributed by atoms with Crippen LogP contribution in [0.4, 0.5) is 0 Å². The fourth-order valence-corrected chi connectivity index (χ4v) is 1.90. The minimum atomic E-state index is 0. The predicted molar refractivity (Wildman–Crippen MR) is 62.3 cm³/mol. The van der Waals surface area contributed by atoms with Gasteiger partial charge in [-0.1, -0.05) is 11.6 Å². The summed E-state index contributed by atoms with van der Waals surface area (Å²) in [7, 11) is 1.58. The number of benzene rings is 1. The Hall–Kier alpha value is -0.640. The number of hydrogen-bond acceptors (Lipinski definition) is 3. The molecular weight excluding hydrogens is 237 g/mol. The summed E-state index contributed by atoms with van der Waals surface area (Å²) in [5.74, 6) is 1.30. The molecule has 1 atom stereocenters. The van der Waals surface area contributed by atoms with Crippen LogP contribution >= 0.6 is 24.0 Å². The normalized spacial score (nSPS) is 18.5. The van der Waals surface area contributed by atoms with Crippen molar-refractivity contribution in [3.8, 4) is 11.5 Å². The van der Waals surface area contributed by atoms with Gasteiger partial charge in [-0.05, 0) is 12.1 Å². The Morgan fingerprint density at radius 2 is 2.27 bits per heavy atom. The van der Waals surface area contributed by atoms with Gasteiger partial charge in [0, 0.05) is 18.0 Å². The third-order valence-electron chi connectivity index (χ3n) is 2.39. The van der Waals surface area contributed by atoms with Crippen LogP contribution in [0.5, 0.6) is 11.5 Å². The Kier molecular flexibility index (Phi) is 4.08. The van der Waals surface area contributed by atoms with Crippen molar-refractivity contribution < 1.29 is 9.47 Å². The number of hydrogen-bond donors (Lipinski definition) is 1. The van der Waals surface area contributed by atoms with Gasteiger partial charge in [0.05, 0.1) is 13.7 Å². The third-order valence-corrected chi connectivity index (χ3v) is 2.74. The lowest BCUT2D eigenvalue weighted by Crippen LogP contribution is -2.20. The summed E-state index contributed by atoms with van der Waals surface area (Å²) < 4.78 is 10.6. The minimum absolute atomic E-state index is 0. The molecule has 0 saturated carbocycles. The molecule has 0 bridgehead atoms. The molecule has 2 rings (SSSR count). The van der Waals surface area contributed by atoms with Crippen LogP contribution in [-0.2, 0) is 0 Å². The van der Waals surface area contributed by atoms with Gasteiger partial charge in [0.2, 0.25) is 0 Å². The van der Waals surface area contributed by atoms with E-state index in [2.05, 4.69) is 0 Å². The number of ether oxygens (including phenoxy) is 2. The van der Waals surface area contributed by atoms with E-state index < -0.39 is 0 Å². The first-order chi connectivity index (χ1) is 6.74. The van der Waals surface area contributed by atoms with Gasteiger partial charge in [0.1, 0.15) is 16.5 Å². The van der Waals surface area contributed by atoms with Gasteiger partial charge in [-0.15, -0.1) is 12.4 Å². The Labute approximate surface area is 99.9 Å².